The number of carboxylic acid groups (broad SMARTS) is 1. The molecular formula is C36H58N2O7. The molecule has 254 valence electrons. The molecule has 2 amide bonds. The molecule has 0 heterocycles. The Morgan fingerprint density at radius 3 is 1.96 bits per heavy atom. The number of carbonyl (C=O) groups is 4. The number of rotatable bonds is 28. The average Bonchev–Trinajstić information content (AvgIpc) is 3.02. The van der Waals surface area contributed by atoms with Gasteiger partial charge in [0, 0.05) is 12.8 Å². The molecule has 0 aromatic carbocycles. The molecule has 0 spiro atoms. The smallest absolute Gasteiger partial charge is 0.328 e. The zero-order valence-corrected chi connectivity index (χ0v) is 27.6. The number of aliphatic hydroxyl groups excluding tert-OH is 1. The molecule has 45 heavy (non-hydrogen) atoms. The lowest BCUT2D eigenvalue weighted by Gasteiger charge is -2.15. The van der Waals surface area contributed by atoms with E-state index < -0.39 is 24.5 Å². The maximum Gasteiger partial charge on any atom is 0.328 e. The molecule has 0 saturated carbocycles. The Kier molecular flexibility index (Phi) is 28.2. The van der Waals surface area contributed by atoms with Crippen LogP contribution in [0.4, 0.5) is 0 Å². The van der Waals surface area contributed by atoms with E-state index in [1.54, 1.807) is 0 Å². The summed E-state index contributed by atoms with van der Waals surface area (Å²) in [5.74, 6) is -2.48. The fourth-order valence-electron chi connectivity index (χ4n) is 4.15. The summed E-state index contributed by atoms with van der Waals surface area (Å²) in [7, 11) is 0. The van der Waals surface area contributed by atoms with E-state index in [4.69, 9.17) is 14.9 Å². The summed E-state index contributed by atoms with van der Waals surface area (Å²) in [6, 6.07) is -1.39. The first-order valence-electron chi connectivity index (χ1n) is 16.7. The van der Waals surface area contributed by atoms with Crippen molar-refractivity contribution in [1.29, 1.82) is 0 Å². The van der Waals surface area contributed by atoms with E-state index in [1.807, 2.05) is 6.08 Å². The quantitative estimate of drug-likeness (QED) is 0.0431. The number of nitrogens with one attached hydrogen (secondary N) is 2. The summed E-state index contributed by atoms with van der Waals surface area (Å²) >= 11 is 0. The van der Waals surface area contributed by atoms with Crippen LogP contribution in [0.3, 0.4) is 0 Å². The van der Waals surface area contributed by atoms with Crippen LogP contribution in [0.1, 0.15) is 117 Å². The number of aliphatic carboxylic acids is 1. The van der Waals surface area contributed by atoms with Crippen LogP contribution in [0, 0.1) is 0 Å². The predicted molar refractivity (Wildman–Crippen MR) is 180 cm³/mol. The maximum atomic E-state index is 12.4. The van der Waals surface area contributed by atoms with Gasteiger partial charge in [-0.3, -0.25) is 14.4 Å². The van der Waals surface area contributed by atoms with Gasteiger partial charge in [0.15, 0.2) is 0 Å². The largest absolute Gasteiger partial charge is 0.480 e. The van der Waals surface area contributed by atoms with E-state index in [1.165, 1.54) is 0 Å². The molecule has 9 nitrogen and oxygen atoms in total. The first-order chi connectivity index (χ1) is 21.8. The Morgan fingerprint density at radius 2 is 1.33 bits per heavy atom. The van der Waals surface area contributed by atoms with Gasteiger partial charge >= 0.3 is 11.9 Å². The number of hydrogen-bond donors (Lipinski definition) is 4. The molecule has 0 bridgehead atoms. The first-order valence-corrected chi connectivity index (χ1v) is 16.7. The fraction of sp³-hybridized carbons (Fsp3) is 0.611. The Morgan fingerprint density at radius 1 is 0.711 bits per heavy atom. The number of allylic oxidation sites excluding steroid dienone is 9. The highest BCUT2D eigenvalue weighted by atomic mass is 16.5. The van der Waals surface area contributed by atoms with E-state index in [0.717, 1.165) is 83.5 Å². The zero-order chi connectivity index (χ0) is 33.4. The Labute approximate surface area is 271 Å². The number of hydrogen-bond acceptors (Lipinski definition) is 6. The van der Waals surface area contributed by atoms with Crippen molar-refractivity contribution in [2.45, 2.75) is 129 Å². The molecule has 9 heteroatoms. The van der Waals surface area contributed by atoms with Gasteiger partial charge in [-0.25, -0.2) is 4.79 Å². The van der Waals surface area contributed by atoms with Gasteiger partial charge in [0.25, 0.3) is 0 Å². The second kappa shape index (κ2) is 30.6. The fourth-order valence-corrected chi connectivity index (χ4v) is 4.15. The molecule has 0 aromatic heterocycles. The van der Waals surface area contributed by atoms with Gasteiger partial charge in [0.1, 0.15) is 12.1 Å². The Hall–Kier alpha value is -3.46. The van der Waals surface area contributed by atoms with Crippen molar-refractivity contribution in [2.24, 2.45) is 0 Å². The van der Waals surface area contributed by atoms with E-state index in [-0.39, 0.29) is 30.9 Å². The normalized spacial score (nSPS) is 13.3. The third kappa shape index (κ3) is 27.8. The molecule has 0 aliphatic heterocycles. The minimum absolute atomic E-state index is 0.166. The van der Waals surface area contributed by atoms with Crippen molar-refractivity contribution in [3.63, 3.8) is 0 Å². The molecule has 0 rings (SSSR count). The third-order valence-electron chi connectivity index (χ3n) is 6.71. The van der Waals surface area contributed by atoms with Crippen LogP contribution >= 0.6 is 0 Å². The van der Waals surface area contributed by atoms with Gasteiger partial charge < -0.3 is 25.6 Å². The highest BCUT2D eigenvalue weighted by Crippen LogP contribution is 2.13. The van der Waals surface area contributed by atoms with Crippen molar-refractivity contribution < 1.29 is 34.1 Å². The number of ether oxygens (including phenoxy) is 1. The van der Waals surface area contributed by atoms with E-state index >= 15 is 0 Å². The number of unbranched alkanes of at least 4 members (excludes halogenated alkanes) is 6. The third-order valence-corrected chi connectivity index (χ3v) is 6.71. The van der Waals surface area contributed by atoms with Crippen molar-refractivity contribution in [3.05, 3.63) is 60.8 Å². The average molecular weight is 631 g/mol. The summed E-state index contributed by atoms with van der Waals surface area (Å²) in [6.07, 6.45) is 34.5. The first kappa shape index (κ1) is 41.5. The lowest BCUT2D eigenvalue weighted by atomic mass is 10.1. The van der Waals surface area contributed by atoms with Crippen LogP contribution in [0.15, 0.2) is 60.8 Å². The van der Waals surface area contributed by atoms with Crippen molar-refractivity contribution in [1.82, 2.24) is 10.6 Å². The van der Waals surface area contributed by atoms with Crippen molar-refractivity contribution >= 4 is 23.8 Å². The molecule has 2 unspecified atom stereocenters. The SMILES string of the molecule is CC/C=C\C/C=C\C/C=C\C/C=C\CCCCC(=O)OC(/C=C\CCC)CCCCCCC(=O)NCC(=O)NC(CO)C(=O)O. The predicted octanol–water partition coefficient (Wildman–Crippen LogP) is 6.64. The van der Waals surface area contributed by atoms with Crippen LogP contribution in [0.2, 0.25) is 0 Å². The van der Waals surface area contributed by atoms with Gasteiger partial charge in [-0.05, 0) is 76.7 Å². The van der Waals surface area contributed by atoms with Crippen LogP contribution in [-0.4, -0.2) is 59.3 Å². The molecule has 0 aromatic rings. The van der Waals surface area contributed by atoms with Gasteiger partial charge in [-0.15, -0.1) is 0 Å². The van der Waals surface area contributed by atoms with Crippen molar-refractivity contribution in [2.75, 3.05) is 13.2 Å². The standard InChI is InChI=1S/C36H58N2O7/c1-3-5-7-8-9-10-11-12-13-14-15-16-17-18-24-28-35(42)45-31(25-21-6-4-2)26-22-19-20-23-27-33(40)37-29-34(41)38-32(30-39)36(43)44/h5,7,9-10,12-13,15-16,21,25,31-32,39H,3-4,6,8,11,14,17-20,22-24,26-30H2,1-2H3,(H,37,40)(H,38,41)(H,43,44)/b7-5-,10-9-,13-12-,16-15-,25-21-. The molecule has 0 fully saturated rings. The molecule has 4 N–H and O–H groups in total. The molecule has 0 aliphatic rings. The summed E-state index contributed by atoms with van der Waals surface area (Å²) < 4.78 is 5.75. The highest BCUT2D eigenvalue weighted by Gasteiger charge is 2.18. The van der Waals surface area contributed by atoms with Gasteiger partial charge in [0.05, 0.1) is 13.2 Å². The Bertz CT molecular complexity index is 953. The maximum absolute atomic E-state index is 12.4. The van der Waals surface area contributed by atoms with E-state index in [9.17, 15) is 19.2 Å². The summed E-state index contributed by atoms with van der Waals surface area (Å²) in [6.45, 7) is 3.17. The number of amides is 2. The summed E-state index contributed by atoms with van der Waals surface area (Å²) in [5.41, 5.74) is 0. The lowest BCUT2D eigenvalue weighted by molar-refractivity contribution is -0.147. The lowest BCUT2D eigenvalue weighted by Crippen LogP contribution is -2.47. The van der Waals surface area contributed by atoms with Gasteiger partial charge in [-0.2, -0.15) is 0 Å². The molecular weight excluding hydrogens is 572 g/mol. The number of carbonyl (C=O) groups excluding carboxylic acids is 3. The highest BCUT2D eigenvalue weighted by molar-refractivity contribution is 5.87. The second-order valence-corrected chi connectivity index (χ2v) is 10.9. The number of aliphatic hydroxyl groups is 1. The van der Waals surface area contributed by atoms with E-state index in [0.29, 0.717) is 12.8 Å². The van der Waals surface area contributed by atoms with E-state index in [2.05, 4.69) is 79.2 Å². The number of esters is 1. The molecule has 0 radical (unpaired) electrons. The van der Waals surface area contributed by atoms with Crippen LogP contribution in [-0.2, 0) is 23.9 Å². The van der Waals surface area contributed by atoms with Gasteiger partial charge in [0.2, 0.25) is 11.8 Å². The minimum Gasteiger partial charge on any atom is -0.480 e. The second-order valence-electron chi connectivity index (χ2n) is 10.9. The molecule has 2 atom stereocenters. The number of carboxylic acids is 1. The summed E-state index contributed by atoms with van der Waals surface area (Å²) in [4.78, 5) is 46.9. The molecule has 0 aliphatic carbocycles. The van der Waals surface area contributed by atoms with Crippen molar-refractivity contribution in [3.8, 4) is 0 Å². The van der Waals surface area contributed by atoms with Crippen LogP contribution < -0.4 is 10.6 Å². The van der Waals surface area contributed by atoms with Crippen LogP contribution in [0.25, 0.3) is 0 Å². The topological polar surface area (TPSA) is 142 Å². The minimum atomic E-state index is -1.39. The zero-order valence-electron chi connectivity index (χ0n) is 27.6. The monoisotopic (exact) mass is 630 g/mol. The Balaban J connectivity index is 4.12. The summed E-state index contributed by atoms with van der Waals surface area (Å²) in [5, 5.41) is 22.4. The van der Waals surface area contributed by atoms with Gasteiger partial charge in [-0.1, -0.05) is 87.8 Å². The molecule has 0 saturated heterocycles. The van der Waals surface area contributed by atoms with Crippen LogP contribution in [0.5, 0.6) is 0 Å².